The molecule has 1 N–H and O–H groups in total. The topological polar surface area (TPSA) is 82.2 Å². The number of amides is 1. The van der Waals surface area contributed by atoms with Gasteiger partial charge in [-0.25, -0.2) is 4.98 Å². The molecular formula is C19H17ClN4O3S. The molecule has 3 heterocycles. The van der Waals surface area contributed by atoms with Gasteiger partial charge in [0.2, 0.25) is 0 Å². The molecule has 0 aliphatic rings. The number of ether oxygens (including phenoxy) is 1. The summed E-state index contributed by atoms with van der Waals surface area (Å²) in [5.74, 6) is 1.21. The van der Waals surface area contributed by atoms with E-state index in [0.717, 1.165) is 27.4 Å². The highest BCUT2D eigenvalue weighted by Gasteiger charge is 2.16. The number of halogens is 1. The average molecular weight is 417 g/mol. The molecule has 0 bridgehead atoms. The maximum Gasteiger partial charge on any atom is 0.293 e. The van der Waals surface area contributed by atoms with Gasteiger partial charge in [-0.1, -0.05) is 22.9 Å². The number of nitrogens with one attached hydrogen (secondary N) is 1. The quantitative estimate of drug-likeness (QED) is 0.511. The molecule has 0 aliphatic heterocycles. The molecule has 7 nitrogen and oxygen atoms in total. The number of hydrogen-bond donors (Lipinski definition) is 1. The van der Waals surface area contributed by atoms with Crippen molar-refractivity contribution in [2.45, 2.75) is 20.4 Å². The number of thiazole rings is 1. The summed E-state index contributed by atoms with van der Waals surface area (Å²) in [6.07, 6.45) is 0. The van der Waals surface area contributed by atoms with Gasteiger partial charge >= 0.3 is 0 Å². The normalized spacial score (nSPS) is 11.1. The first-order chi connectivity index (χ1) is 13.4. The van der Waals surface area contributed by atoms with Crippen LogP contribution in [0, 0.1) is 13.8 Å². The van der Waals surface area contributed by atoms with Gasteiger partial charge in [0.25, 0.3) is 5.91 Å². The Morgan fingerprint density at radius 2 is 2.14 bits per heavy atom. The summed E-state index contributed by atoms with van der Waals surface area (Å²) in [5, 5.41) is 8.28. The van der Waals surface area contributed by atoms with E-state index < -0.39 is 0 Å². The second-order valence-electron chi connectivity index (χ2n) is 6.22. The van der Waals surface area contributed by atoms with Crippen LogP contribution in [0.3, 0.4) is 0 Å². The molecule has 0 fully saturated rings. The minimum absolute atomic E-state index is 0.208. The van der Waals surface area contributed by atoms with Crippen molar-refractivity contribution in [1.29, 1.82) is 0 Å². The van der Waals surface area contributed by atoms with Crippen LogP contribution in [0.2, 0.25) is 5.02 Å². The SMILES string of the molecule is COc1ccc2nc(NC(=O)c3ccc(Cn4nc(C)c(Cl)c4C)o3)sc2c1. The summed E-state index contributed by atoms with van der Waals surface area (Å²) in [6, 6.07) is 8.95. The lowest BCUT2D eigenvalue weighted by atomic mass is 10.3. The van der Waals surface area contributed by atoms with Crippen LogP contribution in [0.5, 0.6) is 5.75 Å². The standard InChI is InChI=1S/C19H17ClN4O3S/c1-10-17(20)11(2)24(23-10)9-13-5-7-15(27-13)18(25)22-19-21-14-6-4-12(26-3)8-16(14)28-19/h4-8H,9H2,1-3H3,(H,21,22,25). The van der Waals surface area contributed by atoms with Gasteiger partial charge < -0.3 is 9.15 Å². The third kappa shape index (κ3) is 3.48. The Bertz CT molecular complexity index is 1180. The van der Waals surface area contributed by atoms with Crippen molar-refractivity contribution in [2.75, 3.05) is 12.4 Å². The summed E-state index contributed by atoms with van der Waals surface area (Å²) < 4.78 is 13.6. The second kappa shape index (κ2) is 7.29. The zero-order chi connectivity index (χ0) is 19.8. The third-order valence-electron chi connectivity index (χ3n) is 4.30. The van der Waals surface area contributed by atoms with E-state index in [2.05, 4.69) is 15.4 Å². The van der Waals surface area contributed by atoms with E-state index in [9.17, 15) is 4.79 Å². The number of nitrogens with zero attached hydrogens (tertiary/aromatic N) is 3. The van der Waals surface area contributed by atoms with Crippen LogP contribution in [0.1, 0.15) is 27.7 Å². The Hall–Kier alpha value is -2.84. The number of hydrogen-bond acceptors (Lipinski definition) is 6. The monoisotopic (exact) mass is 416 g/mol. The van der Waals surface area contributed by atoms with Crippen molar-refractivity contribution in [3.8, 4) is 5.75 Å². The second-order valence-corrected chi connectivity index (χ2v) is 7.62. The number of rotatable bonds is 5. The number of aromatic nitrogens is 3. The smallest absolute Gasteiger partial charge is 0.293 e. The molecule has 0 spiro atoms. The zero-order valence-corrected chi connectivity index (χ0v) is 17.0. The van der Waals surface area contributed by atoms with E-state index in [0.29, 0.717) is 22.5 Å². The van der Waals surface area contributed by atoms with Crippen LogP contribution < -0.4 is 10.1 Å². The van der Waals surface area contributed by atoms with Crippen LogP contribution >= 0.6 is 22.9 Å². The lowest BCUT2D eigenvalue weighted by molar-refractivity contribution is 0.0994. The third-order valence-corrected chi connectivity index (χ3v) is 5.78. The average Bonchev–Trinajstić information content (AvgIpc) is 3.36. The first-order valence-corrected chi connectivity index (χ1v) is 9.68. The van der Waals surface area contributed by atoms with Gasteiger partial charge in [-0.15, -0.1) is 0 Å². The van der Waals surface area contributed by atoms with Gasteiger partial charge in [-0.3, -0.25) is 14.8 Å². The van der Waals surface area contributed by atoms with Crippen LogP contribution in [0.25, 0.3) is 10.2 Å². The number of benzene rings is 1. The van der Waals surface area contributed by atoms with Crippen LogP contribution in [0.4, 0.5) is 5.13 Å². The molecule has 4 rings (SSSR count). The van der Waals surface area contributed by atoms with Crippen LogP contribution in [-0.4, -0.2) is 27.8 Å². The van der Waals surface area contributed by atoms with Gasteiger partial charge in [0.1, 0.15) is 11.5 Å². The van der Waals surface area contributed by atoms with Gasteiger partial charge in [0.15, 0.2) is 10.9 Å². The van der Waals surface area contributed by atoms with Crippen LogP contribution in [0.15, 0.2) is 34.7 Å². The number of fused-ring (bicyclic) bond motifs is 1. The van der Waals surface area contributed by atoms with Crippen molar-refractivity contribution in [3.05, 3.63) is 58.3 Å². The molecule has 0 saturated heterocycles. The summed E-state index contributed by atoms with van der Waals surface area (Å²) in [5.41, 5.74) is 2.41. The molecular weight excluding hydrogens is 400 g/mol. The Balaban J connectivity index is 1.49. The Morgan fingerprint density at radius 3 is 2.86 bits per heavy atom. The van der Waals surface area contributed by atoms with E-state index in [1.807, 2.05) is 32.0 Å². The van der Waals surface area contributed by atoms with Gasteiger partial charge in [-0.05, 0) is 44.2 Å². The molecule has 9 heteroatoms. The van der Waals surface area contributed by atoms with Crippen molar-refractivity contribution in [2.24, 2.45) is 0 Å². The highest BCUT2D eigenvalue weighted by molar-refractivity contribution is 7.22. The van der Waals surface area contributed by atoms with E-state index in [4.69, 9.17) is 20.8 Å². The Labute approximate surface area is 169 Å². The zero-order valence-electron chi connectivity index (χ0n) is 15.4. The van der Waals surface area contributed by atoms with E-state index in [1.54, 1.807) is 23.9 Å². The fourth-order valence-corrected chi connectivity index (χ4v) is 3.83. The molecule has 28 heavy (non-hydrogen) atoms. The van der Waals surface area contributed by atoms with Crippen molar-refractivity contribution < 1.29 is 13.9 Å². The molecule has 1 aromatic carbocycles. The number of anilines is 1. The lowest BCUT2D eigenvalue weighted by Crippen LogP contribution is -2.10. The summed E-state index contributed by atoms with van der Waals surface area (Å²) in [4.78, 5) is 16.9. The molecule has 0 saturated carbocycles. The summed E-state index contributed by atoms with van der Waals surface area (Å²) >= 11 is 7.54. The molecule has 0 unspecified atom stereocenters. The molecule has 3 aromatic heterocycles. The number of methoxy groups -OCH3 is 1. The van der Waals surface area contributed by atoms with E-state index >= 15 is 0 Å². The number of carbonyl (C=O) groups is 1. The molecule has 0 radical (unpaired) electrons. The fraction of sp³-hybridized carbons (Fsp3) is 0.211. The summed E-state index contributed by atoms with van der Waals surface area (Å²) in [7, 11) is 1.61. The molecule has 144 valence electrons. The Kier molecular flexibility index (Phi) is 4.82. The highest BCUT2D eigenvalue weighted by atomic mass is 35.5. The highest BCUT2D eigenvalue weighted by Crippen LogP contribution is 2.29. The first kappa shape index (κ1) is 18.5. The molecule has 0 aliphatic carbocycles. The van der Waals surface area contributed by atoms with Gasteiger partial charge in [0, 0.05) is 0 Å². The molecule has 1 amide bonds. The van der Waals surface area contributed by atoms with E-state index in [-0.39, 0.29) is 11.7 Å². The maximum absolute atomic E-state index is 12.5. The van der Waals surface area contributed by atoms with Crippen LogP contribution in [-0.2, 0) is 6.54 Å². The van der Waals surface area contributed by atoms with Gasteiger partial charge in [0.05, 0.1) is 40.3 Å². The molecule has 4 aromatic rings. The predicted octanol–water partition coefficient (Wildman–Crippen LogP) is 4.67. The minimum atomic E-state index is -0.358. The summed E-state index contributed by atoms with van der Waals surface area (Å²) in [6.45, 7) is 4.13. The first-order valence-electron chi connectivity index (χ1n) is 8.48. The number of carbonyl (C=O) groups excluding carboxylic acids is 1. The van der Waals surface area contributed by atoms with Crippen molar-refractivity contribution in [1.82, 2.24) is 14.8 Å². The molecule has 0 atom stereocenters. The lowest BCUT2D eigenvalue weighted by Gasteiger charge is -2.02. The number of aryl methyl sites for hydroxylation is 1. The van der Waals surface area contributed by atoms with Crippen molar-refractivity contribution in [3.63, 3.8) is 0 Å². The van der Waals surface area contributed by atoms with Gasteiger partial charge in [-0.2, -0.15) is 5.10 Å². The van der Waals surface area contributed by atoms with Crippen molar-refractivity contribution >= 4 is 44.2 Å². The number of furan rings is 1. The van der Waals surface area contributed by atoms with E-state index in [1.165, 1.54) is 11.3 Å². The maximum atomic E-state index is 12.5. The predicted molar refractivity (Wildman–Crippen MR) is 109 cm³/mol. The minimum Gasteiger partial charge on any atom is -0.497 e. The Morgan fingerprint density at radius 1 is 1.32 bits per heavy atom. The largest absolute Gasteiger partial charge is 0.497 e. The fourth-order valence-electron chi connectivity index (χ4n) is 2.81.